The maximum absolute atomic E-state index is 12.4. The molecule has 1 fully saturated rings. The molecule has 2 rings (SSSR count). The van der Waals surface area contributed by atoms with Crippen molar-refractivity contribution >= 4 is 10.0 Å². The number of hydrogen-bond acceptors (Lipinski definition) is 3. The largest absolute Gasteiger partial charge is 0.316 e. The first-order valence-electron chi connectivity index (χ1n) is 7.53. The van der Waals surface area contributed by atoms with E-state index >= 15 is 0 Å². The molecule has 0 aromatic carbocycles. The molecule has 120 valence electrons. The van der Waals surface area contributed by atoms with Gasteiger partial charge in [-0.05, 0) is 32.6 Å². The molecule has 1 aromatic heterocycles. The Hall–Kier alpha value is -0.920. The molecule has 7 heteroatoms. The van der Waals surface area contributed by atoms with Crippen molar-refractivity contribution in [1.29, 1.82) is 0 Å². The molecule has 1 aliphatic heterocycles. The Morgan fingerprint density at radius 2 is 1.86 bits per heavy atom. The van der Waals surface area contributed by atoms with Crippen LogP contribution in [0.2, 0.25) is 0 Å². The molecular formula is C14H27N4O2S+. The zero-order chi connectivity index (χ0) is 15.8. The van der Waals surface area contributed by atoms with E-state index in [0.717, 1.165) is 31.4 Å². The average molecular weight is 315 g/mol. The summed E-state index contributed by atoms with van der Waals surface area (Å²) in [6.07, 6.45) is 2.47. The van der Waals surface area contributed by atoms with Gasteiger partial charge in [-0.25, -0.2) is 17.4 Å². The average Bonchev–Trinajstić information content (AvgIpc) is 2.67. The van der Waals surface area contributed by atoms with Crippen molar-refractivity contribution in [1.82, 2.24) is 14.1 Å². The van der Waals surface area contributed by atoms with Gasteiger partial charge in [0, 0.05) is 14.1 Å². The Kier molecular flexibility index (Phi) is 4.75. The van der Waals surface area contributed by atoms with Gasteiger partial charge in [0.2, 0.25) is 10.0 Å². The van der Waals surface area contributed by atoms with Crippen molar-refractivity contribution in [2.24, 2.45) is 5.92 Å². The van der Waals surface area contributed by atoms with Crippen LogP contribution in [0.1, 0.15) is 31.2 Å². The third-order valence-corrected chi connectivity index (χ3v) is 6.48. The van der Waals surface area contributed by atoms with Gasteiger partial charge in [-0.2, -0.15) is 5.10 Å². The third-order valence-electron chi connectivity index (χ3n) is 4.41. The Morgan fingerprint density at radius 1 is 1.29 bits per heavy atom. The van der Waals surface area contributed by atoms with Gasteiger partial charge in [0.15, 0.2) is 6.67 Å². The van der Waals surface area contributed by atoms with E-state index in [1.54, 1.807) is 21.0 Å². The minimum absolute atomic E-state index is 0.359. The molecule has 2 heterocycles. The number of likely N-dealkylation sites (tertiary alicyclic amines) is 1. The Bertz CT molecular complexity index is 599. The molecule has 1 saturated heterocycles. The molecule has 21 heavy (non-hydrogen) atoms. The van der Waals surface area contributed by atoms with Gasteiger partial charge >= 0.3 is 0 Å². The van der Waals surface area contributed by atoms with Gasteiger partial charge in [0.25, 0.3) is 0 Å². The highest BCUT2D eigenvalue weighted by Gasteiger charge is 2.28. The number of aromatic nitrogens is 2. The second-order valence-corrected chi connectivity index (χ2v) is 8.47. The number of sulfonamides is 1. The lowest BCUT2D eigenvalue weighted by molar-refractivity contribution is -0.929. The van der Waals surface area contributed by atoms with Gasteiger partial charge in [-0.1, -0.05) is 6.92 Å². The molecule has 0 spiro atoms. The van der Waals surface area contributed by atoms with Crippen molar-refractivity contribution in [3.8, 4) is 0 Å². The van der Waals surface area contributed by atoms with E-state index < -0.39 is 10.0 Å². The highest BCUT2D eigenvalue weighted by Crippen LogP contribution is 2.21. The second-order valence-electron chi connectivity index (χ2n) is 6.38. The van der Waals surface area contributed by atoms with E-state index in [1.165, 1.54) is 22.0 Å². The van der Waals surface area contributed by atoms with Crippen molar-refractivity contribution < 1.29 is 13.3 Å². The smallest absolute Gasteiger partial charge is 0.246 e. The fraction of sp³-hybridized carbons (Fsp3) is 0.786. The summed E-state index contributed by atoms with van der Waals surface area (Å²) in [6.45, 7) is 8.94. The highest BCUT2D eigenvalue weighted by molar-refractivity contribution is 7.89. The number of nitrogens with one attached hydrogen (secondary N) is 1. The summed E-state index contributed by atoms with van der Waals surface area (Å²) in [5, 5.41) is 4.46. The lowest BCUT2D eigenvalue weighted by Crippen LogP contribution is -3.12. The third kappa shape index (κ3) is 3.30. The van der Waals surface area contributed by atoms with E-state index in [0.29, 0.717) is 10.6 Å². The highest BCUT2D eigenvalue weighted by atomic mass is 32.2. The summed E-state index contributed by atoms with van der Waals surface area (Å²) in [5.41, 5.74) is 1.33. The number of piperidine rings is 1. The van der Waals surface area contributed by atoms with Crippen LogP contribution in [0.4, 0.5) is 0 Å². The first-order chi connectivity index (χ1) is 9.73. The lowest BCUT2D eigenvalue weighted by atomic mass is 10.00. The quantitative estimate of drug-likeness (QED) is 0.852. The Labute approximate surface area is 127 Å². The summed E-state index contributed by atoms with van der Waals surface area (Å²) in [6, 6.07) is 0. The molecule has 1 aliphatic rings. The Morgan fingerprint density at radius 3 is 2.38 bits per heavy atom. The van der Waals surface area contributed by atoms with Gasteiger partial charge in [0.1, 0.15) is 4.90 Å². The molecule has 1 N–H and O–H groups in total. The molecule has 0 bridgehead atoms. The Balaban J connectivity index is 2.24. The molecule has 0 radical (unpaired) electrons. The van der Waals surface area contributed by atoms with Crippen LogP contribution >= 0.6 is 0 Å². The van der Waals surface area contributed by atoms with E-state index in [1.807, 2.05) is 11.6 Å². The van der Waals surface area contributed by atoms with Crippen LogP contribution in [-0.4, -0.2) is 49.7 Å². The van der Waals surface area contributed by atoms with Crippen LogP contribution in [0.25, 0.3) is 0 Å². The summed E-state index contributed by atoms with van der Waals surface area (Å²) in [5.74, 6) is 0.805. The van der Waals surface area contributed by atoms with Crippen LogP contribution in [0.15, 0.2) is 4.90 Å². The predicted molar refractivity (Wildman–Crippen MR) is 81.7 cm³/mol. The molecule has 0 aliphatic carbocycles. The summed E-state index contributed by atoms with van der Waals surface area (Å²) >= 11 is 0. The minimum atomic E-state index is -3.43. The SMILES string of the molecule is Cc1nn(C[NH+]2CCC(C)CC2)c(C)c1S(=O)(=O)N(C)C. The van der Waals surface area contributed by atoms with E-state index in [4.69, 9.17) is 0 Å². The molecule has 0 atom stereocenters. The van der Waals surface area contributed by atoms with Gasteiger partial charge < -0.3 is 4.90 Å². The molecule has 0 unspecified atom stereocenters. The van der Waals surface area contributed by atoms with E-state index in [-0.39, 0.29) is 0 Å². The first-order valence-corrected chi connectivity index (χ1v) is 8.97. The second kappa shape index (κ2) is 6.06. The van der Waals surface area contributed by atoms with Gasteiger partial charge in [0.05, 0.1) is 24.5 Å². The number of quaternary nitrogens is 1. The van der Waals surface area contributed by atoms with Crippen LogP contribution < -0.4 is 4.90 Å². The zero-order valence-corrected chi connectivity index (χ0v) is 14.5. The van der Waals surface area contributed by atoms with Gasteiger partial charge in [-0.15, -0.1) is 0 Å². The monoisotopic (exact) mass is 315 g/mol. The van der Waals surface area contributed by atoms with E-state index in [9.17, 15) is 8.42 Å². The van der Waals surface area contributed by atoms with Crippen molar-refractivity contribution in [2.75, 3.05) is 27.2 Å². The fourth-order valence-corrected chi connectivity index (χ4v) is 4.19. The zero-order valence-electron chi connectivity index (χ0n) is 13.7. The molecular weight excluding hydrogens is 288 g/mol. The summed E-state index contributed by atoms with van der Waals surface area (Å²) in [7, 11) is -0.310. The molecule has 6 nitrogen and oxygen atoms in total. The van der Waals surface area contributed by atoms with Crippen molar-refractivity contribution in [2.45, 2.75) is 45.2 Å². The number of nitrogens with zero attached hydrogens (tertiary/aromatic N) is 3. The van der Waals surface area contributed by atoms with Crippen LogP contribution in [0, 0.1) is 19.8 Å². The van der Waals surface area contributed by atoms with Gasteiger partial charge in [-0.3, -0.25) is 0 Å². The van der Waals surface area contributed by atoms with E-state index in [2.05, 4.69) is 12.0 Å². The molecule has 1 aromatic rings. The van der Waals surface area contributed by atoms with Crippen LogP contribution in [0.5, 0.6) is 0 Å². The number of hydrogen-bond donors (Lipinski definition) is 1. The summed E-state index contributed by atoms with van der Waals surface area (Å²) in [4.78, 5) is 1.84. The summed E-state index contributed by atoms with van der Waals surface area (Å²) < 4.78 is 27.9. The lowest BCUT2D eigenvalue weighted by Gasteiger charge is -2.27. The van der Waals surface area contributed by atoms with Crippen molar-refractivity contribution in [3.05, 3.63) is 11.4 Å². The number of aryl methyl sites for hydroxylation is 1. The number of rotatable bonds is 4. The molecule has 0 saturated carbocycles. The molecule has 0 amide bonds. The maximum atomic E-state index is 12.4. The predicted octanol–water partition coefficient (Wildman–Crippen LogP) is 0.0225. The van der Waals surface area contributed by atoms with Crippen LogP contribution in [-0.2, 0) is 16.7 Å². The minimum Gasteiger partial charge on any atom is -0.316 e. The standard InChI is InChI=1S/C14H26N4O2S/c1-11-6-8-17(9-7-11)10-18-13(3)14(12(2)15-18)21(19,20)16(4)5/h11H,6-10H2,1-5H3/p+1. The fourth-order valence-electron chi connectivity index (χ4n) is 2.93. The van der Waals surface area contributed by atoms with Crippen molar-refractivity contribution in [3.63, 3.8) is 0 Å². The first kappa shape index (κ1) is 16.5. The maximum Gasteiger partial charge on any atom is 0.246 e. The topological polar surface area (TPSA) is 59.6 Å². The normalized spacial score (nSPS) is 23.7. The van der Waals surface area contributed by atoms with Crippen LogP contribution in [0.3, 0.4) is 0 Å².